The van der Waals surface area contributed by atoms with E-state index in [1.165, 1.54) is 0 Å². The van der Waals surface area contributed by atoms with Crippen molar-refractivity contribution in [1.82, 2.24) is 0 Å². The van der Waals surface area contributed by atoms with Crippen molar-refractivity contribution in [2.45, 2.75) is 25.4 Å². The first-order valence-corrected chi connectivity index (χ1v) is 3.92. The number of methoxy groups -OCH3 is 2. The minimum atomic E-state index is -0.627. The van der Waals surface area contributed by atoms with E-state index in [-0.39, 0.29) is 0 Å². The highest BCUT2D eigenvalue weighted by atomic mass is 16.8. The molecule has 0 aromatic heterocycles. The van der Waals surface area contributed by atoms with Crippen molar-refractivity contribution in [1.29, 1.82) is 0 Å². The smallest absolute Gasteiger partial charge is 0.188 e. The van der Waals surface area contributed by atoms with E-state index < -0.39 is 11.6 Å². The molecule has 4 heteroatoms. The summed E-state index contributed by atoms with van der Waals surface area (Å²) in [5.41, 5.74) is 0. The molecule has 0 aromatic rings. The molecule has 0 bridgehead atoms. The highest BCUT2D eigenvalue weighted by molar-refractivity contribution is 4.73. The van der Waals surface area contributed by atoms with Gasteiger partial charge < -0.3 is 18.9 Å². The summed E-state index contributed by atoms with van der Waals surface area (Å²) >= 11 is 0. The molecule has 0 radical (unpaired) electrons. The molecule has 1 aliphatic heterocycles. The summed E-state index contributed by atoms with van der Waals surface area (Å²) in [6, 6.07) is 0. The summed E-state index contributed by atoms with van der Waals surface area (Å²) < 4.78 is 21.1. The van der Waals surface area contributed by atoms with Gasteiger partial charge in [0.2, 0.25) is 0 Å². The first kappa shape index (κ1) is 9.92. The Morgan fingerprint density at radius 3 is 1.42 bits per heavy atom. The van der Waals surface area contributed by atoms with Crippen LogP contribution in [0.3, 0.4) is 0 Å². The molecule has 0 spiro atoms. The van der Waals surface area contributed by atoms with Crippen molar-refractivity contribution >= 4 is 0 Å². The zero-order valence-electron chi connectivity index (χ0n) is 8.05. The van der Waals surface area contributed by atoms with E-state index in [1.807, 2.05) is 13.8 Å². The van der Waals surface area contributed by atoms with E-state index in [0.29, 0.717) is 13.2 Å². The van der Waals surface area contributed by atoms with Crippen molar-refractivity contribution in [3.05, 3.63) is 0 Å². The third kappa shape index (κ3) is 1.95. The van der Waals surface area contributed by atoms with Crippen LogP contribution in [0.25, 0.3) is 0 Å². The molecule has 0 saturated carbocycles. The maximum Gasteiger partial charge on any atom is 0.188 e. The number of rotatable bonds is 2. The monoisotopic (exact) mass is 176 g/mol. The van der Waals surface area contributed by atoms with Gasteiger partial charge in [-0.2, -0.15) is 0 Å². The van der Waals surface area contributed by atoms with Crippen LogP contribution >= 0.6 is 0 Å². The average molecular weight is 176 g/mol. The van der Waals surface area contributed by atoms with Gasteiger partial charge >= 0.3 is 0 Å². The van der Waals surface area contributed by atoms with Gasteiger partial charge in [0, 0.05) is 14.2 Å². The lowest BCUT2D eigenvalue weighted by atomic mass is 10.2. The van der Waals surface area contributed by atoms with Gasteiger partial charge in [-0.1, -0.05) is 0 Å². The SMILES string of the molecule is CO[C@]1(C)CO[C@](C)(OC)CO1. The van der Waals surface area contributed by atoms with E-state index in [9.17, 15) is 0 Å². The Bertz CT molecular complexity index is 131. The zero-order chi connectivity index (χ0) is 9.24. The highest BCUT2D eigenvalue weighted by Crippen LogP contribution is 2.25. The van der Waals surface area contributed by atoms with Gasteiger partial charge in [0.1, 0.15) is 13.2 Å². The Hall–Kier alpha value is -0.160. The van der Waals surface area contributed by atoms with Crippen molar-refractivity contribution in [3.8, 4) is 0 Å². The predicted octanol–water partition coefficient (Wildman–Crippen LogP) is 0.758. The molecule has 0 N–H and O–H groups in total. The van der Waals surface area contributed by atoms with Crippen LogP contribution in [0.5, 0.6) is 0 Å². The summed E-state index contributed by atoms with van der Waals surface area (Å²) in [4.78, 5) is 0. The molecular weight excluding hydrogens is 160 g/mol. The fourth-order valence-electron chi connectivity index (χ4n) is 0.887. The highest BCUT2D eigenvalue weighted by Gasteiger charge is 2.39. The van der Waals surface area contributed by atoms with Gasteiger partial charge in [-0.15, -0.1) is 0 Å². The Kier molecular flexibility index (Phi) is 2.73. The van der Waals surface area contributed by atoms with Gasteiger partial charge in [0.05, 0.1) is 0 Å². The molecule has 72 valence electrons. The first-order valence-electron chi connectivity index (χ1n) is 3.92. The van der Waals surface area contributed by atoms with E-state index in [0.717, 1.165) is 0 Å². The lowest BCUT2D eigenvalue weighted by Crippen LogP contribution is -2.52. The van der Waals surface area contributed by atoms with Gasteiger partial charge in [0.15, 0.2) is 11.6 Å². The Balaban J connectivity index is 2.49. The van der Waals surface area contributed by atoms with Crippen molar-refractivity contribution in [2.24, 2.45) is 0 Å². The first-order chi connectivity index (χ1) is 5.54. The number of hydrogen-bond donors (Lipinski definition) is 0. The third-order valence-corrected chi connectivity index (χ3v) is 2.14. The normalized spacial score (nSPS) is 43.0. The van der Waals surface area contributed by atoms with Gasteiger partial charge in [-0.25, -0.2) is 0 Å². The predicted molar refractivity (Wildman–Crippen MR) is 42.7 cm³/mol. The minimum absolute atomic E-state index is 0.383. The van der Waals surface area contributed by atoms with Gasteiger partial charge in [0.25, 0.3) is 0 Å². The maximum absolute atomic E-state index is 5.45. The Labute approximate surface area is 72.7 Å². The fraction of sp³-hybridized carbons (Fsp3) is 1.00. The van der Waals surface area contributed by atoms with Gasteiger partial charge in [-0.3, -0.25) is 0 Å². The minimum Gasteiger partial charge on any atom is -0.351 e. The molecular formula is C8H16O4. The third-order valence-electron chi connectivity index (χ3n) is 2.14. The van der Waals surface area contributed by atoms with Crippen LogP contribution in [0.1, 0.15) is 13.8 Å². The topological polar surface area (TPSA) is 36.9 Å². The fourth-order valence-corrected chi connectivity index (χ4v) is 0.887. The van der Waals surface area contributed by atoms with Crippen molar-refractivity contribution in [2.75, 3.05) is 27.4 Å². The molecule has 0 aliphatic carbocycles. The molecule has 4 nitrogen and oxygen atoms in total. The van der Waals surface area contributed by atoms with Crippen LogP contribution < -0.4 is 0 Å². The number of hydrogen-bond acceptors (Lipinski definition) is 4. The van der Waals surface area contributed by atoms with Crippen LogP contribution in [-0.2, 0) is 18.9 Å². The Morgan fingerprint density at radius 2 is 1.25 bits per heavy atom. The average Bonchev–Trinajstić information content (AvgIpc) is 2.11. The quantitative estimate of drug-likeness (QED) is 0.622. The van der Waals surface area contributed by atoms with E-state index in [2.05, 4.69) is 0 Å². The number of ether oxygens (including phenoxy) is 4. The van der Waals surface area contributed by atoms with Crippen LogP contribution in [0, 0.1) is 0 Å². The zero-order valence-corrected chi connectivity index (χ0v) is 8.05. The van der Waals surface area contributed by atoms with E-state index in [4.69, 9.17) is 18.9 Å². The van der Waals surface area contributed by atoms with Gasteiger partial charge in [-0.05, 0) is 13.8 Å². The van der Waals surface area contributed by atoms with E-state index in [1.54, 1.807) is 14.2 Å². The molecule has 1 saturated heterocycles. The van der Waals surface area contributed by atoms with E-state index >= 15 is 0 Å². The van der Waals surface area contributed by atoms with Crippen LogP contribution in [0.4, 0.5) is 0 Å². The summed E-state index contributed by atoms with van der Waals surface area (Å²) in [7, 11) is 3.19. The van der Waals surface area contributed by atoms with Crippen LogP contribution in [0.2, 0.25) is 0 Å². The molecule has 1 heterocycles. The molecule has 0 unspecified atom stereocenters. The van der Waals surface area contributed by atoms with Crippen LogP contribution in [-0.4, -0.2) is 39.0 Å². The summed E-state index contributed by atoms with van der Waals surface area (Å²) in [6.07, 6.45) is 0. The summed E-state index contributed by atoms with van der Waals surface area (Å²) in [5, 5.41) is 0. The summed E-state index contributed by atoms with van der Waals surface area (Å²) in [5.74, 6) is -1.25. The van der Waals surface area contributed by atoms with Crippen molar-refractivity contribution < 1.29 is 18.9 Å². The lowest BCUT2D eigenvalue weighted by molar-refractivity contribution is -0.365. The Morgan fingerprint density at radius 1 is 0.917 bits per heavy atom. The molecule has 1 fully saturated rings. The summed E-state index contributed by atoms with van der Waals surface area (Å²) in [6.45, 7) is 4.44. The molecule has 0 amide bonds. The maximum atomic E-state index is 5.45. The van der Waals surface area contributed by atoms with Crippen LogP contribution in [0.15, 0.2) is 0 Å². The second-order valence-electron chi connectivity index (χ2n) is 3.25. The second kappa shape index (κ2) is 3.30. The second-order valence-corrected chi connectivity index (χ2v) is 3.25. The van der Waals surface area contributed by atoms with Crippen molar-refractivity contribution in [3.63, 3.8) is 0 Å². The standard InChI is InChI=1S/C8H16O4/c1-7(9-3)5-12-8(2,10-4)6-11-7/h5-6H2,1-4H3/t7-,8-/m0/s1. The molecule has 1 aliphatic rings. The molecule has 12 heavy (non-hydrogen) atoms. The largest absolute Gasteiger partial charge is 0.351 e. The molecule has 1 rings (SSSR count). The molecule has 2 atom stereocenters. The lowest BCUT2D eigenvalue weighted by Gasteiger charge is -2.41. The molecule has 0 aromatic carbocycles.